The fourth-order valence-electron chi connectivity index (χ4n) is 2.23. The van der Waals surface area contributed by atoms with Crippen molar-refractivity contribution in [1.82, 2.24) is 15.3 Å². The Kier molecular flexibility index (Phi) is 4.25. The fraction of sp³-hybridized carbons (Fsp3) is 0.118. The molecule has 0 radical (unpaired) electrons. The number of aromatic nitrogens is 2. The summed E-state index contributed by atoms with van der Waals surface area (Å²) in [6, 6.07) is 12.5. The summed E-state index contributed by atoms with van der Waals surface area (Å²) < 4.78 is 0.589. The molecule has 2 aromatic carbocycles. The normalized spacial score (nSPS) is 10.7. The van der Waals surface area contributed by atoms with Crippen LogP contribution in [0.1, 0.15) is 21.7 Å². The maximum atomic E-state index is 12.4. The molecule has 0 saturated heterocycles. The van der Waals surface area contributed by atoms with Crippen LogP contribution in [0, 0.1) is 6.92 Å². The van der Waals surface area contributed by atoms with E-state index in [0.717, 1.165) is 11.1 Å². The van der Waals surface area contributed by atoms with Gasteiger partial charge in [0, 0.05) is 6.54 Å². The third-order valence-corrected chi connectivity index (χ3v) is 4.06. The van der Waals surface area contributed by atoms with Crippen LogP contribution in [0.25, 0.3) is 11.0 Å². The predicted octanol–water partition coefficient (Wildman–Crippen LogP) is 3.34. The number of benzene rings is 2. The molecule has 0 bridgehead atoms. The minimum atomic E-state index is -0.273. The quantitative estimate of drug-likeness (QED) is 0.740. The second-order valence-electron chi connectivity index (χ2n) is 5.11. The lowest BCUT2D eigenvalue weighted by atomic mass is 10.2. The Balaban J connectivity index is 1.80. The van der Waals surface area contributed by atoms with Crippen molar-refractivity contribution in [1.29, 1.82) is 0 Å². The molecule has 1 heterocycles. The molecule has 23 heavy (non-hydrogen) atoms. The molecule has 1 aromatic heterocycles. The average molecular weight is 372 g/mol. The zero-order valence-electron chi connectivity index (χ0n) is 12.4. The smallest absolute Gasteiger partial charge is 0.272 e. The van der Waals surface area contributed by atoms with Crippen LogP contribution in [0.2, 0.25) is 0 Å². The first-order valence-corrected chi connectivity index (χ1v) is 7.83. The maximum Gasteiger partial charge on any atom is 0.272 e. The van der Waals surface area contributed by atoms with Gasteiger partial charge in [-0.2, -0.15) is 0 Å². The number of carbonyl (C=O) groups excluding carboxylic acids is 1. The largest absolute Gasteiger partial charge is 0.507 e. The molecule has 0 saturated carbocycles. The summed E-state index contributed by atoms with van der Waals surface area (Å²) in [6.07, 6.45) is 0. The third kappa shape index (κ3) is 3.32. The van der Waals surface area contributed by atoms with Gasteiger partial charge in [-0.05, 0) is 52.7 Å². The van der Waals surface area contributed by atoms with E-state index in [4.69, 9.17) is 0 Å². The number of phenols is 1. The molecule has 0 aliphatic heterocycles. The zero-order chi connectivity index (χ0) is 16.4. The number of hydrogen-bond donors (Lipinski definition) is 2. The molecule has 0 unspecified atom stereocenters. The number of carbonyl (C=O) groups is 1. The number of aromatic hydroxyl groups is 1. The van der Waals surface area contributed by atoms with E-state index >= 15 is 0 Å². The maximum absolute atomic E-state index is 12.4. The number of nitrogens with one attached hydrogen (secondary N) is 1. The number of amides is 1. The van der Waals surface area contributed by atoms with Gasteiger partial charge in [-0.25, -0.2) is 9.97 Å². The average Bonchev–Trinajstić information content (AvgIpc) is 2.55. The minimum Gasteiger partial charge on any atom is -0.507 e. The topological polar surface area (TPSA) is 75.1 Å². The van der Waals surface area contributed by atoms with Gasteiger partial charge < -0.3 is 10.4 Å². The van der Waals surface area contributed by atoms with Crippen molar-refractivity contribution in [3.05, 3.63) is 63.9 Å². The molecule has 5 nitrogen and oxygen atoms in total. The molecule has 0 aliphatic rings. The van der Waals surface area contributed by atoms with Crippen LogP contribution in [0.15, 0.2) is 46.9 Å². The zero-order valence-corrected chi connectivity index (χ0v) is 14.0. The van der Waals surface area contributed by atoms with E-state index in [1.54, 1.807) is 25.1 Å². The Hall–Kier alpha value is -2.47. The lowest BCUT2D eigenvalue weighted by molar-refractivity contribution is 0.0945. The second-order valence-corrected chi connectivity index (χ2v) is 5.97. The van der Waals surface area contributed by atoms with E-state index in [2.05, 4.69) is 31.2 Å². The highest BCUT2D eigenvalue weighted by Gasteiger charge is 2.13. The summed E-state index contributed by atoms with van der Waals surface area (Å²) in [7, 11) is 0. The first-order chi connectivity index (χ1) is 11.0. The van der Waals surface area contributed by atoms with Crippen LogP contribution < -0.4 is 5.32 Å². The number of halogens is 1. The van der Waals surface area contributed by atoms with Crippen LogP contribution in [-0.2, 0) is 6.54 Å². The molecule has 3 aromatic rings. The predicted molar refractivity (Wildman–Crippen MR) is 91.3 cm³/mol. The van der Waals surface area contributed by atoms with Crippen LogP contribution >= 0.6 is 15.9 Å². The third-order valence-electron chi connectivity index (χ3n) is 3.43. The van der Waals surface area contributed by atoms with Crippen LogP contribution in [-0.4, -0.2) is 21.0 Å². The van der Waals surface area contributed by atoms with Crippen molar-refractivity contribution in [3.8, 4) is 5.75 Å². The summed E-state index contributed by atoms with van der Waals surface area (Å²) in [5, 5.41) is 12.3. The summed E-state index contributed by atoms with van der Waals surface area (Å²) in [6.45, 7) is 2.11. The Morgan fingerprint density at radius 3 is 2.57 bits per heavy atom. The number of fused-ring (bicyclic) bond motifs is 1. The van der Waals surface area contributed by atoms with Crippen molar-refractivity contribution >= 4 is 32.9 Å². The molecule has 6 heteroatoms. The highest BCUT2D eigenvalue weighted by atomic mass is 79.9. The lowest BCUT2D eigenvalue weighted by Gasteiger charge is -2.08. The van der Waals surface area contributed by atoms with E-state index in [-0.39, 0.29) is 11.7 Å². The summed E-state index contributed by atoms with van der Waals surface area (Å²) >= 11 is 3.25. The second kappa shape index (κ2) is 6.34. The molecular formula is C17H14BrN3O2. The molecule has 3 rings (SSSR count). The van der Waals surface area contributed by atoms with Gasteiger partial charge >= 0.3 is 0 Å². The van der Waals surface area contributed by atoms with E-state index in [0.29, 0.717) is 27.9 Å². The van der Waals surface area contributed by atoms with Gasteiger partial charge in [-0.15, -0.1) is 0 Å². The first kappa shape index (κ1) is 15.4. The van der Waals surface area contributed by atoms with E-state index in [1.807, 2.05) is 24.3 Å². The summed E-state index contributed by atoms with van der Waals surface area (Å²) in [5.74, 6) is -0.110. The summed E-state index contributed by atoms with van der Waals surface area (Å²) in [5.41, 5.74) is 3.24. The fourth-order valence-corrected chi connectivity index (χ4v) is 2.66. The highest BCUT2D eigenvalue weighted by molar-refractivity contribution is 9.10. The monoisotopic (exact) mass is 371 g/mol. The Morgan fingerprint density at radius 2 is 1.87 bits per heavy atom. The molecule has 116 valence electrons. The van der Waals surface area contributed by atoms with Gasteiger partial charge in [0.2, 0.25) is 0 Å². The van der Waals surface area contributed by atoms with Gasteiger partial charge in [0.15, 0.2) is 0 Å². The van der Waals surface area contributed by atoms with Crippen molar-refractivity contribution in [2.75, 3.05) is 0 Å². The van der Waals surface area contributed by atoms with E-state index in [1.165, 1.54) is 0 Å². The van der Waals surface area contributed by atoms with Crippen molar-refractivity contribution < 1.29 is 9.90 Å². The van der Waals surface area contributed by atoms with Crippen LogP contribution in [0.3, 0.4) is 0 Å². The van der Waals surface area contributed by atoms with Gasteiger partial charge in [-0.1, -0.05) is 18.2 Å². The van der Waals surface area contributed by atoms with Crippen molar-refractivity contribution in [2.24, 2.45) is 0 Å². The number of rotatable bonds is 3. The number of phenolic OH excluding ortho intramolecular Hbond substituents is 1. The van der Waals surface area contributed by atoms with Crippen molar-refractivity contribution in [2.45, 2.75) is 13.5 Å². The SMILES string of the molecule is Cc1nc2ccccc2nc1C(=O)NCc1ccc(O)c(Br)c1. The standard InChI is InChI=1S/C17H14BrN3O2/c1-10-16(21-14-5-3-2-4-13(14)20-10)17(23)19-9-11-6-7-15(22)12(18)8-11/h2-8,22H,9H2,1H3,(H,19,23). The number of para-hydroxylation sites is 2. The first-order valence-electron chi connectivity index (χ1n) is 7.03. The van der Waals surface area contributed by atoms with Gasteiger partial charge in [0.05, 0.1) is 21.2 Å². The van der Waals surface area contributed by atoms with E-state index in [9.17, 15) is 9.90 Å². The lowest BCUT2D eigenvalue weighted by Crippen LogP contribution is -2.25. The summed E-state index contributed by atoms with van der Waals surface area (Å²) in [4.78, 5) is 21.2. The molecule has 2 N–H and O–H groups in total. The van der Waals surface area contributed by atoms with Crippen molar-refractivity contribution in [3.63, 3.8) is 0 Å². The molecule has 0 aliphatic carbocycles. The number of aryl methyl sites for hydroxylation is 1. The molecule has 0 fully saturated rings. The Labute approximate surface area is 141 Å². The minimum absolute atomic E-state index is 0.163. The Bertz CT molecular complexity index is 896. The highest BCUT2D eigenvalue weighted by Crippen LogP contribution is 2.24. The van der Waals surface area contributed by atoms with Gasteiger partial charge in [0.1, 0.15) is 11.4 Å². The number of nitrogens with zero attached hydrogens (tertiary/aromatic N) is 2. The van der Waals surface area contributed by atoms with Gasteiger partial charge in [-0.3, -0.25) is 4.79 Å². The van der Waals surface area contributed by atoms with E-state index < -0.39 is 0 Å². The number of hydrogen-bond acceptors (Lipinski definition) is 4. The van der Waals surface area contributed by atoms with Gasteiger partial charge in [0.25, 0.3) is 5.91 Å². The molecule has 1 amide bonds. The van der Waals surface area contributed by atoms with Crippen LogP contribution in [0.5, 0.6) is 5.75 Å². The molecule has 0 spiro atoms. The molecular weight excluding hydrogens is 358 g/mol. The Morgan fingerprint density at radius 1 is 1.17 bits per heavy atom. The van der Waals surface area contributed by atoms with Crippen LogP contribution in [0.4, 0.5) is 0 Å². The molecule has 0 atom stereocenters.